The van der Waals surface area contributed by atoms with E-state index >= 15 is 0 Å². The summed E-state index contributed by atoms with van der Waals surface area (Å²) in [5.41, 5.74) is 0. The highest BCUT2D eigenvalue weighted by molar-refractivity contribution is 7.45. The monoisotopic (exact) mass is 754 g/mol. The summed E-state index contributed by atoms with van der Waals surface area (Å²) in [4.78, 5) is 37.4. The minimum Gasteiger partial charge on any atom is -0.756 e. The number of hydrogen-bond acceptors (Lipinski definition) is 8. The van der Waals surface area contributed by atoms with Crippen LogP contribution in [0.5, 0.6) is 0 Å². The van der Waals surface area contributed by atoms with Crippen molar-refractivity contribution in [2.75, 3.05) is 47.5 Å². The molecule has 0 rings (SSSR count). The minimum atomic E-state index is -4.63. The van der Waals surface area contributed by atoms with Crippen molar-refractivity contribution in [3.05, 3.63) is 48.6 Å². The zero-order chi connectivity index (χ0) is 38.6. The van der Waals surface area contributed by atoms with E-state index in [1.54, 1.807) is 0 Å². The second-order valence-electron chi connectivity index (χ2n) is 14.6. The molecule has 0 N–H and O–H groups in total. The van der Waals surface area contributed by atoms with Crippen LogP contribution in [0.4, 0.5) is 0 Å². The van der Waals surface area contributed by atoms with Gasteiger partial charge in [-0.05, 0) is 77.0 Å². The van der Waals surface area contributed by atoms with Crippen LogP contribution in [0.2, 0.25) is 0 Å². The number of phosphoric acid groups is 1. The first-order valence-corrected chi connectivity index (χ1v) is 21.8. The van der Waals surface area contributed by atoms with Gasteiger partial charge < -0.3 is 27.9 Å². The van der Waals surface area contributed by atoms with Crippen LogP contribution in [0.15, 0.2) is 48.6 Å². The van der Waals surface area contributed by atoms with Crippen LogP contribution in [-0.2, 0) is 32.7 Å². The summed E-state index contributed by atoms with van der Waals surface area (Å²) >= 11 is 0. The van der Waals surface area contributed by atoms with E-state index in [1.165, 1.54) is 44.9 Å². The largest absolute Gasteiger partial charge is 0.756 e. The summed E-state index contributed by atoms with van der Waals surface area (Å²) in [6, 6.07) is 0. The Balaban J connectivity index is 4.50. The van der Waals surface area contributed by atoms with E-state index in [2.05, 4.69) is 62.5 Å². The average Bonchev–Trinajstić information content (AvgIpc) is 3.09. The van der Waals surface area contributed by atoms with Gasteiger partial charge in [0.2, 0.25) is 0 Å². The van der Waals surface area contributed by atoms with E-state index in [-0.39, 0.29) is 26.1 Å². The molecule has 0 aliphatic carbocycles. The van der Waals surface area contributed by atoms with E-state index in [9.17, 15) is 19.0 Å². The lowest BCUT2D eigenvalue weighted by Gasteiger charge is -2.28. The summed E-state index contributed by atoms with van der Waals surface area (Å²) in [7, 11) is 1.13. The molecule has 0 bridgehead atoms. The molecular formula is C42H76NO8P. The van der Waals surface area contributed by atoms with Gasteiger partial charge >= 0.3 is 11.9 Å². The van der Waals surface area contributed by atoms with Crippen LogP contribution in [-0.4, -0.2) is 70.0 Å². The molecule has 0 aromatic carbocycles. The molecule has 0 spiro atoms. The number of likely N-dealkylation sites (N-methyl/N-ethyl adjacent to an activating group) is 1. The SMILES string of the molecule is CCCCC/C=C\C/C=C\C/C=C\CCCCC(=O)OC[C@H](COP(=O)([O-])OCC[N+](C)(C)C)OC(=O)CCCCCCC/C=C\CCCCCC. The van der Waals surface area contributed by atoms with Gasteiger partial charge in [-0.3, -0.25) is 14.2 Å². The molecule has 0 saturated carbocycles. The van der Waals surface area contributed by atoms with Gasteiger partial charge in [0.15, 0.2) is 6.10 Å². The third-order valence-electron chi connectivity index (χ3n) is 8.32. The molecule has 0 aliphatic heterocycles. The molecule has 0 aromatic rings. The second kappa shape index (κ2) is 34.7. The van der Waals surface area contributed by atoms with E-state index in [1.807, 2.05) is 21.1 Å². The first kappa shape index (κ1) is 50.0. The van der Waals surface area contributed by atoms with Gasteiger partial charge in [-0.15, -0.1) is 0 Å². The van der Waals surface area contributed by atoms with Crippen LogP contribution in [0.1, 0.15) is 155 Å². The Bertz CT molecular complexity index is 1030. The molecule has 0 aromatic heterocycles. The molecule has 52 heavy (non-hydrogen) atoms. The van der Waals surface area contributed by atoms with E-state index in [0.29, 0.717) is 23.9 Å². The van der Waals surface area contributed by atoms with Gasteiger partial charge in [0.1, 0.15) is 19.8 Å². The van der Waals surface area contributed by atoms with Gasteiger partial charge in [0.05, 0.1) is 27.7 Å². The Morgan fingerprint density at radius 2 is 1.04 bits per heavy atom. The zero-order valence-corrected chi connectivity index (χ0v) is 34.6. The molecule has 0 aliphatic rings. The molecule has 0 fully saturated rings. The molecule has 0 saturated heterocycles. The van der Waals surface area contributed by atoms with Crippen molar-refractivity contribution in [3.63, 3.8) is 0 Å². The van der Waals surface area contributed by atoms with Crippen molar-refractivity contribution in [1.29, 1.82) is 0 Å². The number of rotatable bonds is 36. The fourth-order valence-electron chi connectivity index (χ4n) is 5.07. The minimum absolute atomic E-state index is 0.0399. The molecule has 0 heterocycles. The summed E-state index contributed by atoms with van der Waals surface area (Å²) in [5, 5.41) is 0. The maximum Gasteiger partial charge on any atom is 0.306 e. The number of hydrogen-bond donors (Lipinski definition) is 0. The number of esters is 2. The predicted octanol–water partition coefficient (Wildman–Crippen LogP) is 10.5. The predicted molar refractivity (Wildman–Crippen MR) is 213 cm³/mol. The number of allylic oxidation sites excluding steroid dienone is 8. The smallest absolute Gasteiger partial charge is 0.306 e. The Morgan fingerprint density at radius 3 is 1.63 bits per heavy atom. The molecule has 9 nitrogen and oxygen atoms in total. The first-order chi connectivity index (χ1) is 25.0. The van der Waals surface area contributed by atoms with Crippen LogP contribution >= 0.6 is 7.82 Å². The van der Waals surface area contributed by atoms with Crippen molar-refractivity contribution in [1.82, 2.24) is 0 Å². The fourth-order valence-corrected chi connectivity index (χ4v) is 5.79. The van der Waals surface area contributed by atoms with Crippen molar-refractivity contribution in [3.8, 4) is 0 Å². The number of ether oxygens (including phenoxy) is 2. The van der Waals surface area contributed by atoms with Crippen molar-refractivity contribution in [2.45, 2.75) is 161 Å². The van der Waals surface area contributed by atoms with Crippen LogP contribution in [0.25, 0.3) is 0 Å². The highest BCUT2D eigenvalue weighted by atomic mass is 31.2. The quantitative estimate of drug-likeness (QED) is 0.0204. The van der Waals surface area contributed by atoms with Gasteiger partial charge in [-0.1, -0.05) is 114 Å². The Labute approximate surface area is 318 Å². The summed E-state index contributed by atoms with van der Waals surface area (Å²) < 4.78 is 33.7. The lowest BCUT2D eigenvalue weighted by atomic mass is 10.1. The van der Waals surface area contributed by atoms with Gasteiger partial charge in [0, 0.05) is 12.8 Å². The number of phosphoric ester groups is 1. The van der Waals surface area contributed by atoms with Crippen molar-refractivity contribution < 1.29 is 42.1 Å². The van der Waals surface area contributed by atoms with Crippen LogP contribution < -0.4 is 4.89 Å². The standard InChI is InChI=1S/C42H76NO8P/c1-6-8-10-12-14-16-18-20-21-23-24-26-28-30-32-34-41(44)48-38-40(39-50-52(46,47)49-37-36-43(3,4)5)51-42(45)35-33-31-29-27-25-22-19-17-15-13-11-9-7-2/h14,16-17,19-21,24,26,40H,6-13,15,18,22-23,25,27-39H2,1-5H3/b16-14-,19-17-,21-20-,26-24-/t40-/m1/s1. The molecular weight excluding hydrogens is 677 g/mol. The van der Waals surface area contributed by atoms with Crippen molar-refractivity contribution >= 4 is 19.8 Å². The average molecular weight is 754 g/mol. The second-order valence-corrected chi connectivity index (χ2v) is 16.1. The highest BCUT2D eigenvalue weighted by Gasteiger charge is 2.21. The molecule has 0 amide bonds. The molecule has 1 unspecified atom stereocenters. The Hall–Kier alpha value is -2.03. The van der Waals surface area contributed by atoms with Crippen molar-refractivity contribution in [2.24, 2.45) is 0 Å². The zero-order valence-electron chi connectivity index (χ0n) is 33.7. The fraction of sp³-hybridized carbons (Fsp3) is 0.762. The number of quaternary nitrogens is 1. The lowest BCUT2D eigenvalue weighted by molar-refractivity contribution is -0.870. The van der Waals surface area contributed by atoms with E-state index in [0.717, 1.165) is 70.6 Å². The third-order valence-corrected chi connectivity index (χ3v) is 9.29. The van der Waals surface area contributed by atoms with Crippen LogP contribution in [0, 0.1) is 0 Å². The summed E-state index contributed by atoms with van der Waals surface area (Å²) in [5.74, 6) is -0.894. The Morgan fingerprint density at radius 1 is 0.596 bits per heavy atom. The number of nitrogens with zero attached hydrogens (tertiary/aromatic N) is 1. The molecule has 10 heteroatoms. The van der Waals surface area contributed by atoms with E-state index in [4.69, 9.17) is 18.5 Å². The van der Waals surface area contributed by atoms with Gasteiger partial charge in [-0.25, -0.2) is 0 Å². The number of unbranched alkanes of at least 4 members (excludes halogenated alkanes) is 14. The number of carbonyl (C=O) groups is 2. The van der Waals surface area contributed by atoms with E-state index < -0.39 is 32.5 Å². The Kier molecular flexibility index (Phi) is 33.4. The van der Waals surface area contributed by atoms with Gasteiger partial charge in [0.25, 0.3) is 7.82 Å². The highest BCUT2D eigenvalue weighted by Crippen LogP contribution is 2.38. The third kappa shape index (κ3) is 37.7. The lowest BCUT2D eigenvalue weighted by Crippen LogP contribution is -2.37. The summed E-state index contributed by atoms with van der Waals surface area (Å²) in [6.07, 6.45) is 38.5. The maximum atomic E-state index is 12.6. The summed E-state index contributed by atoms with van der Waals surface area (Å²) in [6.45, 7) is 4.10. The molecule has 0 radical (unpaired) electrons. The molecule has 302 valence electrons. The normalized spacial score (nSPS) is 14.2. The molecule has 2 atom stereocenters. The number of carbonyl (C=O) groups excluding carboxylic acids is 2. The maximum absolute atomic E-state index is 12.6. The van der Waals surface area contributed by atoms with Gasteiger partial charge in [-0.2, -0.15) is 0 Å². The topological polar surface area (TPSA) is 111 Å². The first-order valence-electron chi connectivity index (χ1n) is 20.3. The van der Waals surface area contributed by atoms with Crippen LogP contribution in [0.3, 0.4) is 0 Å².